The number of hydrogen-bond acceptors (Lipinski definition) is 4. The second-order valence-electron chi connectivity index (χ2n) is 3.63. The lowest BCUT2D eigenvalue weighted by Crippen LogP contribution is -1.96. The Morgan fingerprint density at radius 3 is 2.94 bits per heavy atom. The summed E-state index contributed by atoms with van der Waals surface area (Å²) in [4.78, 5) is 4.41. The number of rotatable bonds is 4. The summed E-state index contributed by atoms with van der Waals surface area (Å²) in [6, 6.07) is 7.04. The smallest absolute Gasteiger partial charge is 0.131 e. The van der Waals surface area contributed by atoms with Crippen molar-refractivity contribution in [3.8, 4) is 11.8 Å². The van der Waals surface area contributed by atoms with Gasteiger partial charge in [0.05, 0.1) is 21.3 Å². The van der Waals surface area contributed by atoms with Crippen LogP contribution in [0.15, 0.2) is 23.6 Å². The van der Waals surface area contributed by atoms with Crippen molar-refractivity contribution in [2.24, 2.45) is 0 Å². The summed E-state index contributed by atoms with van der Waals surface area (Å²) in [5.74, 6) is 0.644. The molecule has 2 rings (SSSR count). The second kappa shape index (κ2) is 5.85. The number of aryl methyl sites for hydroxylation is 1. The number of nitrogens with zero attached hydrogens (tertiary/aromatic N) is 2. The van der Waals surface area contributed by atoms with Crippen molar-refractivity contribution in [2.75, 3.05) is 0 Å². The number of benzene rings is 1. The van der Waals surface area contributed by atoms with Crippen LogP contribution in [0.1, 0.15) is 23.2 Å². The number of thiazole rings is 1. The summed E-state index contributed by atoms with van der Waals surface area (Å²) >= 11 is 7.56. The van der Waals surface area contributed by atoms with Gasteiger partial charge in [-0.3, -0.25) is 0 Å². The van der Waals surface area contributed by atoms with Gasteiger partial charge in [-0.2, -0.15) is 5.26 Å². The number of nitriles is 1. The molecule has 0 radical (unpaired) electrons. The normalized spacial score (nSPS) is 10.1. The molecule has 1 aromatic carbocycles. The van der Waals surface area contributed by atoms with Crippen LogP contribution in [0, 0.1) is 11.3 Å². The average molecular weight is 279 g/mol. The minimum Gasteiger partial charge on any atom is -0.487 e. The van der Waals surface area contributed by atoms with E-state index in [9.17, 15) is 0 Å². The van der Waals surface area contributed by atoms with Crippen molar-refractivity contribution in [3.63, 3.8) is 0 Å². The number of halogens is 1. The van der Waals surface area contributed by atoms with Crippen LogP contribution in [0.4, 0.5) is 0 Å². The Balaban J connectivity index is 2.02. The molecule has 2 aromatic rings. The molecule has 0 N–H and O–H groups in total. The van der Waals surface area contributed by atoms with Crippen LogP contribution in [0.5, 0.6) is 5.75 Å². The van der Waals surface area contributed by atoms with E-state index in [1.54, 1.807) is 29.5 Å². The third-order valence-corrected chi connectivity index (χ3v) is 3.70. The molecule has 0 aliphatic rings. The molecule has 0 spiro atoms. The van der Waals surface area contributed by atoms with E-state index in [1.165, 1.54) is 0 Å². The van der Waals surface area contributed by atoms with Gasteiger partial charge in [-0.25, -0.2) is 4.98 Å². The lowest BCUT2D eigenvalue weighted by atomic mass is 10.2. The van der Waals surface area contributed by atoms with Gasteiger partial charge in [0.15, 0.2) is 0 Å². The number of aromatic nitrogens is 1. The molecule has 0 atom stereocenters. The Labute approximate surface area is 115 Å². The van der Waals surface area contributed by atoms with E-state index in [1.807, 2.05) is 11.4 Å². The molecule has 0 aliphatic carbocycles. The number of ether oxygens (including phenoxy) is 1. The summed E-state index contributed by atoms with van der Waals surface area (Å²) in [5, 5.41) is 12.3. The van der Waals surface area contributed by atoms with E-state index in [0.717, 1.165) is 17.1 Å². The molecule has 1 heterocycles. The second-order valence-corrected chi connectivity index (χ2v) is 4.98. The standard InChI is InChI=1S/C13H11ClN2OS/c1-2-13-16-10(8-18-13)7-17-11-4-3-9(6-15)12(14)5-11/h3-5,8H,2,7H2,1H3. The molecule has 0 fully saturated rings. The molecule has 18 heavy (non-hydrogen) atoms. The van der Waals surface area contributed by atoms with Gasteiger partial charge in [-0.05, 0) is 18.6 Å². The van der Waals surface area contributed by atoms with E-state index in [4.69, 9.17) is 21.6 Å². The molecule has 5 heteroatoms. The molecule has 92 valence electrons. The topological polar surface area (TPSA) is 45.9 Å². The van der Waals surface area contributed by atoms with E-state index < -0.39 is 0 Å². The van der Waals surface area contributed by atoms with Gasteiger partial charge in [-0.15, -0.1) is 11.3 Å². The Kier molecular flexibility index (Phi) is 4.19. The number of hydrogen-bond donors (Lipinski definition) is 0. The van der Waals surface area contributed by atoms with Crippen LogP contribution in [-0.2, 0) is 13.0 Å². The fraction of sp³-hybridized carbons (Fsp3) is 0.231. The first-order valence-electron chi connectivity index (χ1n) is 5.48. The van der Waals surface area contributed by atoms with Crippen molar-refractivity contribution >= 4 is 22.9 Å². The Hall–Kier alpha value is -1.57. The molecular formula is C13H11ClN2OS. The van der Waals surface area contributed by atoms with Gasteiger partial charge in [0.1, 0.15) is 18.4 Å². The summed E-state index contributed by atoms with van der Waals surface area (Å²) < 4.78 is 5.58. The Morgan fingerprint density at radius 2 is 2.33 bits per heavy atom. The van der Waals surface area contributed by atoms with Crippen LogP contribution in [-0.4, -0.2) is 4.98 Å². The summed E-state index contributed by atoms with van der Waals surface area (Å²) in [5.41, 5.74) is 1.36. The Bertz CT molecular complexity index is 589. The predicted octanol–water partition coefficient (Wildman–Crippen LogP) is 3.81. The van der Waals surface area contributed by atoms with Crippen molar-refractivity contribution < 1.29 is 4.74 Å². The molecule has 0 saturated carbocycles. The molecule has 0 unspecified atom stereocenters. The van der Waals surface area contributed by atoms with Gasteiger partial charge >= 0.3 is 0 Å². The predicted molar refractivity (Wildman–Crippen MR) is 72.0 cm³/mol. The molecule has 1 aromatic heterocycles. The van der Waals surface area contributed by atoms with E-state index >= 15 is 0 Å². The first-order valence-corrected chi connectivity index (χ1v) is 6.74. The third-order valence-electron chi connectivity index (χ3n) is 2.35. The quantitative estimate of drug-likeness (QED) is 0.854. The monoisotopic (exact) mass is 278 g/mol. The van der Waals surface area contributed by atoms with E-state index in [0.29, 0.717) is 22.9 Å². The zero-order chi connectivity index (χ0) is 13.0. The van der Waals surface area contributed by atoms with Gasteiger partial charge in [0, 0.05) is 11.4 Å². The van der Waals surface area contributed by atoms with Crippen LogP contribution < -0.4 is 4.74 Å². The van der Waals surface area contributed by atoms with Crippen molar-refractivity contribution in [2.45, 2.75) is 20.0 Å². The molecule has 0 bridgehead atoms. The largest absolute Gasteiger partial charge is 0.487 e. The lowest BCUT2D eigenvalue weighted by molar-refractivity contribution is 0.302. The summed E-state index contributed by atoms with van der Waals surface area (Å²) in [6.07, 6.45) is 0.938. The van der Waals surface area contributed by atoms with Crippen LogP contribution in [0.25, 0.3) is 0 Å². The zero-order valence-corrected chi connectivity index (χ0v) is 11.4. The van der Waals surface area contributed by atoms with Gasteiger partial charge in [-0.1, -0.05) is 18.5 Å². The fourth-order valence-corrected chi connectivity index (χ4v) is 2.35. The first kappa shape index (κ1) is 12.9. The minimum absolute atomic E-state index is 0.405. The van der Waals surface area contributed by atoms with Crippen molar-refractivity contribution in [3.05, 3.63) is 44.9 Å². The van der Waals surface area contributed by atoms with Crippen LogP contribution >= 0.6 is 22.9 Å². The minimum atomic E-state index is 0.405. The van der Waals surface area contributed by atoms with Gasteiger partial charge < -0.3 is 4.74 Å². The molecule has 3 nitrogen and oxygen atoms in total. The molecule has 0 amide bonds. The highest BCUT2D eigenvalue weighted by molar-refractivity contribution is 7.09. The fourth-order valence-electron chi connectivity index (χ4n) is 1.41. The average Bonchev–Trinajstić information content (AvgIpc) is 2.84. The lowest BCUT2D eigenvalue weighted by Gasteiger charge is -2.05. The SMILES string of the molecule is CCc1nc(COc2ccc(C#N)c(Cl)c2)cs1. The maximum Gasteiger partial charge on any atom is 0.131 e. The van der Waals surface area contributed by atoms with Gasteiger partial charge in [0.2, 0.25) is 0 Å². The van der Waals surface area contributed by atoms with Crippen LogP contribution in [0.3, 0.4) is 0 Å². The highest BCUT2D eigenvalue weighted by Crippen LogP contribution is 2.22. The molecule has 0 aliphatic heterocycles. The Morgan fingerprint density at radius 1 is 1.50 bits per heavy atom. The summed E-state index contributed by atoms with van der Waals surface area (Å²) in [7, 11) is 0. The highest BCUT2D eigenvalue weighted by atomic mass is 35.5. The van der Waals surface area contributed by atoms with Crippen LogP contribution in [0.2, 0.25) is 5.02 Å². The molecular weight excluding hydrogens is 268 g/mol. The maximum absolute atomic E-state index is 8.76. The van der Waals surface area contributed by atoms with Gasteiger partial charge in [0.25, 0.3) is 0 Å². The summed E-state index contributed by atoms with van der Waals surface area (Å²) in [6.45, 7) is 2.49. The van der Waals surface area contributed by atoms with E-state index in [2.05, 4.69) is 11.9 Å². The van der Waals surface area contributed by atoms with Crippen molar-refractivity contribution in [1.29, 1.82) is 5.26 Å². The first-order chi connectivity index (χ1) is 8.72. The molecule has 0 saturated heterocycles. The van der Waals surface area contributed by atoms with Crippen molar-refractivity contribution in [1.82, 2.24) is 4.98 Å². The van der Waals surface area contributed by atoms with E-state index in [-0.39, 0.29) is 0 Å². The maximum atomic E-state index is 8.76. The third kappa shape index (κ3) is 3.00. The highest BCUT2D eigenvalue weighted by Gasteiger charge is 2.04. The zero-order valence-electron chi connectivity index (χ0n) is 9.81.